The molecule has 0 aliphatic rings. The first kappa shape index (κ1) is 31.3. The van der Waals surface area contributed by atoms with Crippen LogP contribution in [0.2, 0.25) is 0 Å². The predicted octanol–water partition coefficient (Wildman–Crippen LogP) is -8.40. The van der Waals surface area contributed by atoms with Gasteiger partial charge in [-0.1, -0.05) is 0 Å². The van der Waals surface area contributed by atoms with Gasteiger partial charge in [0.25, 0.3) is 0 Å². The second kappa shape index (κ2) is 22.7. The SMILES string of the molecule is OB(O)O.[K+].[Na+].[OH-].[OH-]. The first-order chi connectivity index (χ1) is 1.73. The number of hydrogen-bond donors (Lipinski definition) is 3. The molecule has 40 valence electrons. The van der Waals surface area contributed by atoms with E-state index >= 15 is 0 Å². The zero-order chi connectivity index (χ0) is 3.58. The van der Waals surface area contributed by atoms with Gasteiger partial charge in [0.05, 0.1) is 0 Å². The van der Waals surface area contributed by atoms with E-state index in [4.69, 9.17) is 15.1 Å². The largest absolute Gasteiger partial charge is 1.00 e. The summed E-state index contributed by atoms with van der Waals surface area (Å²) in [7, 11) is -2.17. The molecular weight excluding hydrogens is 153 g/mol. The molecule has 0 spiro atoms. The molecule has 0 unspecified atom stereocenters. The maximum Gasteiger partial charge on any atom is 1.00 e. The Bertz CT molecular complexity index is 17.1. The summed E-state index contributed by atoms with van der Waals surface area (Å²) in [6.45, 7) is 0. The summed E-state index contributed by atoms with van der Waals surface area (Å²) in [5.41, 5.74) is 0. The monoisotopic (exact) mass is 158 g/mol. The number of hydrogen-bond acceptors (Lipinski definition) is 5. The second-order valence-corrected chi connectivity index (χ2v) is 0.346. The van der Waals surface area contributed by atoms with E-state index in [9.17, 15) is 0 Å². The predicted molar refractivity (Wildman–Crippen MR) is 16.3 cm³/mol. The molecule has 0 fully saturated rings. The molecule has 0 heterocycles. The van der Waals surface area contributed by atoms with Gasteiger partial charge in [-0.05, 0) is 0 Å². The minimum absolute atomic E-state index is 0. The van der Waals surface area contributed by atoms with Crippen LogP contribution in [0.3, 0.4) is 0 Å². The Morgan fingerprint density at radius 1 is 0.875 bits per heavy atom. The third-order valence-corrected chi connectivity index (χ3v) is 0. The van der Waals surface area contributed by atoms with Crippen molar-refractivity contribution in [2.75, 3.05) is 0 Å². The molecule has 0 amide bonds. The molecule has 0 aromatic carbocycles. The molecule has 0 saturated carbocycles. The molecule has 8 heteroatoms. The first-order valence-electron chi connectivity index (χ1n) is 0.775. The van der Waals surface area contributed by atoms with E-state index in [1.165, 1.54) is 0 Å². The van der Waals surface area contributed by atoms with Crippen LogP contribution in [0.15, 0.2) is 0 Å². The van der Waals surface area contributed by atoms with Gasteiger partial charge in [-0.3, -0.25) is 0 Å². The topological polar surface area (TPSA) is 121 Å². The van der Waals surface area contributed by atoms with Gasteiger partial charge < -0.3 is 26.0 Å². The summed E-state index contributed by atoms with van der Waals surface area (Å²) in [6.07, 6.45) is 0. The van der Waals surface area contributed by atoms with Crippen LogP contribution in [0.25, 0.3) is 0 Å². The molecule has 0 aromatic heterocycles. The third-order valence-electron chi connectivity index (χ3n) is 0. The summed E-state index contributed by atoms with van der Waals surface area (Å²) >= 11 is 0. The Labute approximate surface area is 112 Å². The molecular formula is H5BKNaO5. The average molecular weight is 158 g/mol. The van der Waals surface area contributed by atoms with Gasteiger partial charge >= 0.3 is 88.3 Å². The van der Waals surface area contributed by atoms with Crippen LogP contribution in [-0.4, -0.2) is 33.3 Å². The fraction of sp³-hybridized carbons (Fsp3) is 0. The van der Waals surface area contributed by atoms with Crippen molar-refractivity contribution >= 4 is 7.32 Å². The summed E-state index contributed by atoms with van der Waals surface area (Å²) in [6, 6.07) is 0. The third kappa shape index (κ3) is 76.5. The van der Waals surface area contributed by atoms with Gasteiger partial charge in [0.2, 0.25) is 0 Å². The minimum Gasteiger partial charge on any atom is -0.870 e. The molecule has 5 nitrogen and oxygen atoms in total. The van der Waals surface area contributed by atoms with Crippen LogP contribution >= 0.6 is 0 Å². The molecule has 0 aliphatic carbocycles. The van der Waals surface area contributed by atoms with E-state index in [2.05, 4.69) is 0 Å². The van der Waals surface area contributed by atoms with Crippen LogP contribution in [0.4, 0.5) is 0 Å². The fourth-order valence-electron chi connectivity index (χ4n) is 0. The van der Waals surface area contributed by atoms with Crippen LogP contribution in [0.5, 0.6) is 0 Å². The molecule has 0 rings (SSSR count). The van der Waals surface area contributed by atoms with Gasteiger partial charge in [-0.2, -0.15) is 0 Å². The Hall–Kier alpha value is 2.50. The van der Waals surface area contributed by atoms with Crippen molar-refractivity contribution in [3.8, 4) is 0 Å². The van der Waals surface area contributed by atoms with Gasteiger partial charge in [0.1, 0.15) is 0 Å². The van der Waals surface area contributed by atoms with Gasteiger partial charge in [0, 0.05) is 0 Å². The quantitative estimate of drug-likeness (QED) is 0.302. The van der Waals surface area contributed by atoms with E-state index in [0.717, 1.165) is 0 Å². The van der Waals surface area contributed by atoms with E-state index in [1.54, 1.807) is 0 Å². The maximum absolute atomic E-state index is 7.17. The molecule has 8 heavy (non-hydrogen) atoms. The van der Waals surface area contributed by atoms with Crippen LogP contribution in [0, 0.1) is 0 Å². The van der Waals surface area contributed by atoms with Crippen molar-refractivity contribution in [2.45, 2.75) is 0 Å². The normalized spacial score (nSPS) is 3.38. The smallest absolute Gasteiger partial charge is 0.870 e. The maximum atomic E-state index is 7.17. The molecule has 0 aromatic rings. The van der Waals surface area contributed by atoms with Crippen molar-refractivity contribution in [2.24, 2.45) is 0 Å². The summed E-state index contributed by atoms with van der Waals surface area (Å²) in [5.74, 6) is 0. The Balaban J connectivity index is -0.00000000750. The summed E-state index contributed by atoms with van der Waals surface area (Å²) in [5, 5.41) is 21.5. The van der Waals surface area contributed by atoms with E-state index in [0.29, 0.717) is 0 Å². The van der Waals surface area contributed by atoms with Gasteiger partial charge in [-0.15, -0.1) is 0 Å². The molecule has 0 atom stereocenters. The van der Waals surface area contributed by atoms with E-state index in [1.807, 2.05) is 0 Å². The van der Waals surface area contributed by atoms with Crippen molar-refractivity contribution in [1.29, 1.82) is 0 Å². The van der Waals surface area contributed by atoms with Crippen molar-refractivity contribution in [1.82, 2.24) is 0 Å². The molecule has 5 N–H and O–H groups in total. The Kier molecular flexibility index (Phi) is 88.8. The van der Waals surface area contributed by atoms with Crippen molar-refractivity contribution in [3.63, 3.8) is 0 Å². The second-order valence-electron chi connectivity index (χ2n) is 0.346. The van der Waals surface area contributed by atoms with Crippen LogP contribution in [-0.2, 0) is 0 Å². The Morgan fingerprint density at radius 3 is 0.875 bits per heavy atom. The first-order valence-corrected chi connectivity index (χ1v) is 0.775. The van der Waals surface area contributed by atoms with Gasteiger partial charge in [-0.25, -0.2) is 0 Å². The zero-order valence-electron chi connectivity index (χ0n) is 4.81. The number of rotatable bonds is 0. The van der Waals surface area contributed by atoms with Gasteiger partial charge in [0.15, 0.2) is 0 Å². The molecule has 0 aliphatic heterocycles. The minimum atomic E-state index is -2.17. The van der Waals surface area contributed by atoms with Crippen LogP contribution < -0.4 is 80.9 Å². The van der Waals surface area contributed by atoms with Crippen molar-refractivity contribution in [3.05, 3.63) is 0 Å². The molecule has 0 bridgehead atoms. The zero-order valence-corrected chi connectivity index (χ0v) is 9.94. The molecule has 0 saturated heterocycles. The summed E-state index contributed by atoms with van der Waals surface area (Å²) < 4.78 is 0. The average Bonchev–Trinajstić information content (AvgIpc) is 0.811. The molecule has 0 radical (unpaired) electrons. The Morgan fingerprint density at radius 2 is 0.875 bits per heavy atom. The van der Waals surface area contributed by atoms with Crippen molar-refractivity contribution < 1.29 is 107 Å². The summed E-state index contributed by atoms with van der Waals surface area (Å²) in [4.78, 5) is 0. The fourth-order valence-corrected chi connectivity index (χ4v) is 0. The van der Waals surface area contributed by atoms with E-state index in [-0.39, 0.29) is 91.9 Å². The van der Waals surface area contributed by atoms with Crippen LogP contribution in [0.1, 0.15) is 0 Å². The van der Waals surface area contributed by atoms with E-state index < -0.39 is 7.32 Å². The standard InChI is InChI=1S/BH3O3.K.Na.2H2O/c2-1(3)4;;;;/h2-4H;;;2*1H2/q;2*+1;;/p-2.